The van der Waals surface area contributed by atoms with E-state index < -0.39 is 57.8 Å². The Morgan fingerprint density at radius 2 is 1.78 bits per heavy atom. The highest BCUT2D eigenvalue weighted by Gasteiger charge is 2.83. The number of anilines is 1. The van der Waals surface area contributed by atoms with E-state index in [4.69, 9.17) is 14.2 Å². The Labute approximate surface area is 340 Å². The van der Waals surface area contributed by atoms with Crippen molar-refractivity contribution in [1.82, 2.24) is 0 Å². The Balaban J connectivity index is 0.871. The average molecular weight is 802 g/mol. The lowest BCUT2D eigenvalue weighted by atomic mass is 9.41. The molecule has 5 saturated carbocycles. The number of hydrogen-bond acceptors (Lipinski definition) is 11. The first-order valence-corrected chi connectivity index (χ1v) is 22.3. The van der Waals surface area contributed by atoms with Gasteiger partial charge in [-0.3, -0.25) is 9.28 Å². The molecule has 1 aromatic rings. The average Bonchev–Trinajstić information content (AvgIpc) is 3.89. The number of quaternary nitrogens is 1. The number of rotatable bonds is 6. The quantitative estimate of drug-likeness (QED) is 0.189. The molecule has 12 nitrogen and oxygen atoms in total. The molecule has 9 fully saturated rings. The van der Waals surface area contributed by atoms with Crippen LogP contribution < -0.4 is 4.90 Å². The monoisotopic (exact) mass is 801 g/mol. The van der Waals surface area contributed by atoms with Crippen LogP contribution in [0.5, 0.6) is 0 Å². The minimum absolute atomic E-state index is 0.00132. The number of piperidine rings is 4. The summed E-state index contributed by atoms with van der Waals surface area (Å²) in [7, 11) is 3.48. The molecule has 4 N–H and O–H groups in total. The van der Waals surface area contributed by atoms with Gasteiger partial charge in [0, 0.05) is 55.3 Å². The van der Waals surface area contributed by atoms with Crippen molar-refractivity contribution < 1.29 is 53.5 Å². The largest absolute Gasteiger partial charge is 0.468 e. The van der Waals surface area contributed by atoms with Gasteiger partial charge in [0.05, 0.1) is 47.3 Å². The van der Waals surface area contributed by atoms with E-state index in [1.54, 1.807) is 6.08 Å². The van der Waals surface area contributed by atoms with Crippen molar-refractivity contribution in [2.45, 2.75) is 144 Å². The lowest BCUT2D eigenvalue weighted by Gasteiger charge is -2.67. The summed E-state index contributed by atoms with van der Waals surface area (Å²) in [5, 5.41) is 50.6. The second-order valence-electron chi connectivity index (χ2n) is 20.9. The number of fused-ring (bicyclic) bond motifs is 7. The Morgan fingerprint density at radius 1 is 1.00 bits per heavy atom. The first-order valence-electron chi connectivity index (χ1n) is 22.3. The van der Waals surface area contributed by atoms with Gasteiger partial charge in [0.15, 0.2) is 12.8 Å². The molecular formula is C46H61N2O10+. The minimum Gasteiger partial charge on any atom is -0.468 e. The summed E-state index contributed by atoms with van der Waals surface area (Å²) in [6, 6.07) is 8.21. The molecule has 18 atom stereocenters. The van der Waals surface area contributed by atoms with E-state index >= 15 is 0 Å². The Morgan fingerprint density at radius 3 is 2.52 bits per heavy atom. The van der Waals surface area contributed by atoms with Crippen LogP contribution in [0.25, 0.3) is 0 Å². The molecule has 18 unspecified atom stereocenters. The van der Waals surface area contributed by atoms with Crippen molar-refractivity contribution in [3.63, 3.8) is 0 Å². The van der Waals surface area contributed by atoms with Crippen molar-refractivity contribution in [2.75, 3.05) is 32.2 Å². The molecule has 1 aromatic carbocycles. The first-order chi connectivity index (χ1) is 27.7. The molecule has 5 aliphatic carbocycles. The van der Waals surface area contributed by atoms with Crippen molar-refractivity contribution in [1.29, 1.82) is 0 Å². The molecule has 6 aliphatic heterocycles. The Bertz CT molecular complexity index is 2010. The molecule has 4 saturated heterocycles. The first kappa shape index (κ1) is 37.9. The fourth-order valence-electron chi connectivity index (χ4n) is 17.9. The van der Waals surface area contributed by atoms with Gasteiger partial charge >= 0.3 is 17.9 Å². The van der Waals surface area contributed by atoms with E-state index in [9.17, 15) is 34.8 Å². The third-order valence-corrected chi connectivity index (χ3v) is 19.9. The van der Waals surface area contributed by atoms with Gasteiger partial charge < -0.3 is 39.5 Å². The number of likely N-dealkylation sites (N-methyl/N-ethyl adjacent to an activating group) is 1. The number of aliphatic hydroxyl groups is 4. The SMILES string of the molecule is CCC1C2CC3C4N(C)c5ccccc5C45CC(C2C5O)[N+]3(CC(=O)OC2CCC3(C(=O)OC)C4CCC5(C)C(C6=CC(=O)OC6)CCC5(O)C4CCC3(O)C2)C1O. The number of carbonyl (C=O) groups excluding carboxylic acids is 3. The molecule has 0 radical (unpaired) electrons. The van der Waals surface area contributed by atoms with Crippen LogP contribution >= 0.6 is 0 Å². The van der Waals surface area contributed by atoms with Crippen LogP contribution in [0.15, 0.2) is 35.9 Å². The van der Waals surface area contributed by atoms with E-state index in [2.05, 4.69) is 44.0 Å². The molecule has 1 spiro atoms. The van der Waals surface area contributed by atoms with Crippen LogP contribution in [-0.4, -0.2) is 118 Å². The smallest absolute Gasteiger partial charge is 0.362 e. The van der Waals surface area contributed by atoms with Crippen molar-refractivity contribution >= 4 is 23.6 Å². The third kappa shape index (κ3) is 4.14. The zero-order chi connectivity index (χ0) is 40.5. The number of methoxy groups -OCH3 is 1. The number of carbonyl (C=O) groups is 3. The minimum atomic E-state index is -1.50. The Hall–Kier alpha value is -3.03. The summed E-state index contributed by atoms with van der Waals surface area (Å²) < 4.78 is 17.5. The number of esters is 3. The van der Waals surface area contributed by atoms with Gasteiger partial charge in [-0.2, -0.15) is 0 Å². The van der Waals surface area contributed by atoms with Crippen LogP contribution in [0.3, 0.4) is 0 Å². The highest BCUT2D eigenvalue weighted by Crippen LogP contribution is 2.73. The molecule has 58 heavy (non-hydrogen) atoms. The predicted molar refractivity (Wildman–Crippen MR) is 208 cm³/mol. The highest BCUT2D eigenvalue weighted by molar-refractivity contribution is 5.85. The number of para-hydroxylation sites is 1. The number of cyclic esters (lactones) is 1. The second kappa shape index (κ2) is 12.1. The Kier molecular flexibility index (Phi) is 7.90. The maximum Gasteiger partial charge on any atom is 0.362 e. The van der Waals surface area contributed by atoms with E-state index in [1.807, 2.05) is 6.07 Å². The number of aliphatic hydroxyl groups excluding tert-OH is 2. The fraction of sp³-hybridized carbons (Fsp3) is 0.761. The lowest BCUT2D eigenvalue weighted by molar-refractivity contribution is -1.03. The van der Waals surface area contributed by atoms with Gasteiger partial charge in [-0.05, 0) is 98.7 Å². The second-order valence-corrected chi connectivity index (χ2v) is 20.9. The van der Waals surface area contributed by atoms with Gasteiger partial charge in [0.2, 0.25) is 0 Å². The molecule has 314 valence electrons. The number of hydrogen-bond donors (Lipinski definition) is 4. The lowest BCUT2D eigenvalue weighted by Crippen LogP contribution is -2.83. The molecule has 12 heteroatoms. The summed E-state index contributed by atoms with van der Waals surface area (Å²) in [4.78, 5) is 43.2. The van der Waals surface area contributed by atoms with E-state index in [1.165, 1.54) is 12.7 Å². The molecule has 12 rings (SSSR count). The van der Waals surface area contributed by atoms with Gasteiger partial charge in [0.25, 0.3) is 0 Å². The normalized spacial score (nSPS) is 52.6. The molecular weight excluding hydrogens is 741 g/mol. The standard InChI is InChI=1S/C46H61N2O10/c1-5-26-27-19-33-38-44(31-8-6-7-9-32(31)47(38)3)21-34(37(27)39(44)51)48(33,40(26)52)22-36(50)58-25-10-16-45(41(53)56-4)29-11-14-42(2)28(24-18-35(49)57-23-24)13-17-46(42,55)30(29)12-15-43(45,54)20-25/h6-9,18,25-30,33-34,37-40,51-52,54-55H,5,10-17,19-23H2,1-4H3/q+1. The number of nitrogens with zero attached hydrogens (tertiary/aromatic N) is 2. The van der Waals surface area contributed by atoms with Crippen molar-refractivity contribution in [3.05, 3.63) is 41.5 Å². The van der Waals surface area contributed by atoms with Crippen LogP contribution in [0.4, 0.5) is 5.69 Å². The zero-order valence-corrected chi connectivity index (χ0v) is 34.3. The molecule has 0 aromatic heterocycles. The van der Waals surface area contributed by atoms with Crippen LogP contribution in [0.1, 0.15) is 96.5 Å². The van der Waals surface area contributed by atoms with E-state index in [-0.39, 0.29) is 96.5 Å². The van der Waals surface area contributed by atoms with Gasteiger partial charge in [-0.1, -0.05) is 32.0 Å². The summed E-state index contributed by atoms with van der Waals surface area (Å²) in [6.45, 7) is 4.49. The number of ether oxygens (including phenoxy) is 3. The summed E-state index contributed by atoms with van der Waals surface area (Å²) in [6.07, 6.45) is 6.02. The van der Waals surface area contributed by atoms with Crippen LogP contribution in [0, 0.1) is 46.3 Å². The predicted octanol–water partition coefficient (Wildman–Crippen LogP) is 3.51. The molecule has 6 heterocycles. The molecule has 5 bridgehead atoms. The van der Waals surface area contributed by atoms with E-state index in [0.29, 0.717) is 38.5 Å². The van der Waals surface area contributed by atoms with Crippen molar-refractivity contribution in [3.8, 4) is 0 Å². The number of benzene rings is 1. The van der Waals surface area contributed by atoms with Crippen molar-refractivity contribution in [2.24, 2.45) is 46.3 Å². The highest BCUT2D eigenvalue weighted by atomic mass is 16.6. The topological polar surface area (TPSA) is 163 Å². The van der Waals surface area contributed by atoms with Gasteiger partial charge in [0.1, 0.15) is 18.8 Å². The van der Waals surface area contributed by atoms with E-state index in [0.717, 1.165) is 30.5 Å². The van der Waals surface area contributed by atoms with Crippen LogP contribution in [0.2, 0.25) is 0 Å². The maximum absolute atomic E-state index is 14.6. The third-order valence-electron chi connectivity index (χ3n) is 19.9. The summed E-state index contributed by atoms with van der Waals surface area (Å²) >= 11 is 0. The molecule has 11 aliphatic rings. The zero-order valence-electron chi connectivity index (χ0n) is 34.3. The summed E-state index contributed by atoms with van der Waals surface area (Å²) in [5.41, 5.74) is -1.55. The summed E-state index contributed by atoms with van der Waals surface area (Å²) in [5.74, 6) is -1.64. The molecule has 0 amide bonds. The maximum atomic E-state index is 14.6. The van der Waals surface area contributed by atoms with Gasteiger partial charge in [-0.15, -0.1) is 0 Å². The fourth-order valence-corrected chi connectivity index (χ4v) is 17.9. The van der Waals surface area contributed by atoms with Gasteiger partial charge in [-0.25, -0.2) is 9.59 Å². The van der Waals surface area contributed by atoms with Crippen LogP contribution in [-0.2, 0) is 34.0 Å².